The zero-order valence-corrected chi connectivity index (χ0v) is 6.55. The zero-order valence-electron chi connectivity index (χ0n) is 6.55. The number of hydrogen-bond acceptors (Lipinski definition) is 2. The molecule has 2 N–H and O–H groups in total. The average molecular weight is 151 g/mol. The lowest BCUT2D eigenvalue weighted by Crippen LogP contribution is -2.22. The molecular weight excluding hydrogens is 138 g/mol. The van der Waals surface area contributed by atoms with Crippen molar-refractivity contribution in [1.29, 1.82) is 0 Å². The van der Waals surface area contributed by atoms with Gasteiger partial charge in [-0.1, -0.05) is 12.8 Å². The molecule has 1 unspecified atom stereocenters. The van der Waals surface area contributed by atoms with Crippen LogP contribution in [0.15, 0.2) is 0 Å². The maximum absolute atomic E-state index is 11.0. The number of terminal acetylenes is 1. The van der Waals surface area contributed by atoms with E-state index in [1.165, 1.54) is 12.8 Å². The van der Waals surface area contributed by atoms with Gasteiger partial charge in [0.15, 0.2) is 0 Å². The van der Waals surface area contributed by atoms with Gasteiger partial charge >= 0.3 is 0 Å². The Bertz CT molecular complexity index is 188. The number of hydrogen-bond donors (Lipinski definition) is 1. The van der Waals surface area contributed by atoms with Crippen molar-refractivity contribution in [3.05, 3.63) is 0 Å². The maximum Gasteiger partial charge on any atom is 0.209 e. The Hall–Kier alpha value is -0.810. The van der Waals surface area contributed by atoms with Crippen molar-refractivity contribution in [2.75, 3.05) is 6.54 Å². The molecule has 0 aromatic carbocycles. The second-order valence-corrected chi connectivity index (χ2v) is 3.12. The van der Waals surface area contributed by atoms with E-state index >= 15 is 0 Å². The summed E-state index contributed by atoms with van der Waals surface area (Å²) in [4.78, 5) is 11.0. The fourth-order valence-electron chi connectivity index (χ4n) is 1.18. The van der Waals surface area contributed by atoms with E-state index in [9.17, 15) is 4.79 Å². The molecule has 1 rings (SSSR count). The topological polar surface area (TPSA) is 43.1 Å². The Kier molecular flexibility index (Phi) is 2.67. The fraction of sp³-hybridized carbons (Fsp3) is 0.667. The minimum Gasteiger partial charge on any atom is -0.330 e. The normalized spacial score (nSPS) is 18.9. The summed E-state index contributed by atoms with van der Waals surface area (Å²) in [6, 6.07) is 0. The highest BCUT2D eigenvalue weighted by atomic mass is 16.1. The molecule has 1 atom stereocenters. The van der Waals surface area contributed by atoms with Crippen LogP contribution in [0.1, 0.15) is 19.3 Å². The van der Waals surface area contributed by atoms with E-state index < -0.39 is 0 Å². The van der Waals surface area contributed by atoms with Crippen molar-refractivity contribution in [2.24, 2.45) is 17.6 Å². The van der Waals surface area contributed by atoms with Crippen molar-refractivity contribution in [1.82, 2.24) is 0 Å². The Morgan fingerprint density at radius 2 is 2.36 bits per heavy atom. The largest absolute Gasteiger partial charge is 0.330 e. The van der Waals surface area contributed by atoms with Gasteiger partial charge in [0.1, 0.15) is 0 Å². The van der Waals surface area contributed by atoms with Crippen molar-refractivity contribution >= 4 is 5.78 Å². The minimum atomic E-state index is -0.126. The van der Waals surface area contributed by atoms with Crippen LogP contribution < -0.4 is 5.73 Å². The summed E-state index contributed by atoms with van der Waals surface area (Å²) in [5, 5.41) is 0. The third-order valence-corrected chi connectivity index (χ3v) is 2.11. The lowest BCUT2D eigenvalue weighted by Gasteiger charge is -2.07. The predicted molar refractivity (Wildman–Crippen MR) is 43.7 cm³/mol. The Balaban J connectivity index is 2.35. The molecule has 0 spiro atoms. The second kappa shape index (κ2) is 3.54. The Morgan fingerprint density at radius 3 is 2.73 bits per heavy atom. The summed E-state index contributed by atoms with van der Waals surface area (Å²) in [6.45, 7) is 0.402. The van der Waals surface area contributed by atoms with Gasteiger partial charge in [0.2, 0.25) is 5.78 Å². The zero-order chi connectivity index (χ0) is 8.27. The summed E-state index contributed by atoms with van der Waals surface area (Å²) in [5.74, 6) is 2.65. The van der Waals surface area contributed by atoms with Gasteiger partial charge in [0.25, 0.3) is 0 Å². The number of rotatable bonds is 4. The molecule has 2 nitrogen and oxygen atoms in total. The van der Waals surface area contributed by atoms with E-state index in [4.69, 9.17) is 12.2 Å². The molecule has 0 aromatic rings. The second-order valence-electron chi connectivity index (χ2n) is 3.12. The van der Waals surface area contributed by atoms with Crippen LogP contribution in [-0.2, 0) is 4.79 Å². The Morgan fingerprint density at radius 1 is 1.73 bits per heavy atom. The third kappa shape index (κ3) is 2.36. The number of nitrogens with two attached hydrogens (primary N) is 1. The van der Waals surface area contributed by atoms with Crippen molar-refractivity contribution in [2.45, 2.75) is 19.3 Å². The highest BCUT2D eigenvalue weighted by Crippen LogP contribution is 2.35. The first kappa shape index (κ1) is 8.29. The minimum absolute atomic E-state index is 0.0764. The molecule has 1 aliphatic carbocycles. The molecule has 0 saturated heterocycles. The standard InChI is InChI=1S/C9H13NO/c1-2-9(11)8(6-10)5-7-3-4-7/h1,7-8H,3-6,10H2. The molecular formula is C9H13NO. The molecule has 0 heterocycles. The van der Waals surface area contributed by atoms with E-state index in [1.54, 1.807) is 0 Å². The van der Waals surface area contributed by atoms with Gasteiger partial charge in [-0.15, -0.1) is 6.42 Å². The molecule has 0 aromatic heterocycles. The van der Waals surface area contributed by atoms with Gasteiger partial charge < -0.3 is 5.73 Å². The summed E-state index contributed by atoms with van der Waals surface area (Å²) in [6.07, 6.45) is 8.38. The van der Waals surface area contributed by atoms with E-state index in [1.807, 2.05) is 0 Å². The van der Waals surface area contributed by atoms with Gasteiger partial charge in [-0.3, -0.25) is 4.79 Å². The Labute approximate surface area is 67.2 Å². The SMILES string of the molecule is C#CC(=O)C(CN)CC1CC1. The number of Topliss-reactive ketones (excluding diaryl/α,β-unsaturated/α-hetero) is 1. The van der Waals surface area contributed by atoms with Crippen molar-refractivity contribution < 1.29 is 4.79 Å². The maximum atomic E-state index is 11.0. The van der Waals surface area contributed by atoms with Crippen LogP contribution in [0, 0.1) is 24.2 Å². The first-order chi connectivity index (χ1) is 5.27. The monoisotopic (exact) mass is 151 g/mol. The number of ketones is 1. The van der Waals surface area contributed by atoms with Crippen LogP contribution in [-0.4, -0.2) is 12.3 Å². The lowest BCUT2D eigenvalue weighted by atomic mass is 9.98. The van der Waals surface area contributed by atoms with Crippen LogP contribution in [0.2, 0.25) is 0 Å². The molecule has 1 aliphatic rings. The summed E-state index contributed by atoms with van der Waals surface area (Å²) in [5.41, 5.74) is 5.41. The first-order valence-electron chi connectivity index (χ1n) is 3.98. The number of carbonyl (C=O) groups excluding carboxylic acids is 1. The third-order valence-electron chi connectivity index (χ3n) is 2.11. The molecule has 2 heteroatoms. The molecule has 11 heavy (non-hydrogen) atoms. The first-order valence-corrected chi connectivity index (χ1v) is 3.98. The van der Waals surface area contributed by atoms with Crippen LogP contribution in [0.4, 0.5) is 0 Å². The summed E-state index contributed by atoms with van der Waals surface area (Å²) in [7, 11) is 0. The quantitative estimate of drug-likeness (QED) is 0.471. The van der Waals surface area contributed by atoms with Gasteiger partial charge in [-0.2, -0.15) is 0 Å². The summed E-state index contributed by atoms with van der Waals surface area (Å²) < 4.78 is 0. The van der Waals surface area contributed by atoms with Gasteiger partial charge in [-0.05, 0) is 18.3 Å². The summed E-state index contributed by atoms with van der Waals surface area (Å²) >= 11 is 0. The van der Waals surface area contributed by atoms with E-state index in [2.05, 4.69) is 5.92 Å². The average Bonchev–Trinajstić information content (AvgIpc) is 2.82. The van der Waals surface area contributed by atoms with Crippen LogP contribution in [0.5, 0.6) is 0 Å². The predicted octanol–water partition coefficient (Wildman–Crippen LogP) is 0.564. The lowest BCUT2D eigenvalue weighted by molar-refractivity contribution is -0.117. The van der Waals surface area contributed by atoms with E-state index in [-0.39, 0.29) is 11.7 Å². The van der Waals surface area contributed by atoms with Gasteiger partial charge in [0, 0.05) is 12.5 Å². The molecule has 1 saturated carbocycles. The molecule has 0 bridgehead atoms. The van der Waals surface area contributed by atoms with E-state index in [0.29, 0.717) is 6.54 Å². The molecule has 0 aliphatic heterocycles. The van der Waals surface area contributed by atoms with Crippen LogP contribution >= 0.6 is 0 Å². The van der Waals surface area contributed by atoms with Crippen molar-refractivity contribution in [3.63, 3.8) is 0 Å². The van der Waals surface area contributed by atoms with Gasteiger partial charge in [-0.25, -0.2) is 0 Å². The highest BCUT2D eigenvalue weighted by molar-refractivity contribution is 5.96. The van der Waals surface area contributed by atoms with Crippen molar-refractivity contribution in [3.8, 4) is 12.3 Å². The highest BCUT2D eigenvalue weighted by Gasteiger charge is 2.27. The molecule has 0 amide bonds. The molecule has 60 valence electrons. The van der Waals surface area contributed by atoms with E-state index in [0.717, 1.165) is 12.3 Å². The molecule has 1 fully saturated rings. The van der Waals surface area contributed by atoms with Crippen LogP contribution in [0.3, 0.4) is 0 Å². The molecule has 0 radical (unpaired) electrons. The smallest absolute Gasteiger partial charge is 0.209 e. The fourth-order valence-corrected chi connectivity index (χ4v) is 1.18. The van der Waals surface area contributed by atoms with Crippen LogP contribution in [0.25, 0.3) is 0 Å². The van der Waals surface area contributed by atoms with Gasteiger partial charge in [0.05, 0.1) is 0 Å². The number of carbonyl (C=O) groups is 1.